The van der Waals surface area contributed by atoms with Crippen molar-refractivity contribution >= 4 is 21.7 Å². The summed E-state index contributed by atoms with van der Waals surface area (Å²) in [6.45, 7) is 0. The van der Waals surface area contributed by atoms with Crippen molar-refractivity contribution in [2.24, 2.45) is 0 Å². The monoisotopic (exact) mass is 326 g/mol. The van der Waals surface area contributed by atoms with Gasteiger partial charge in [0, 0.05) is 11.8 Å². The molecule has 0 fully saturated rings. The Labute approximate surface area is 110 Å². The number of carbonyl (C=O) groups excluding carboxylic acids is 1. The van der Waals surface area contributed by atoms with Crippen LogP contribution in [0.4, 0.5) is 13.2 Å². The predicted octanol–water partition coefficient (Wildman–Crippen LogP) is 3.56. The van der Waals surface area contributed by atoms with Crippen molar-refractivity contribution in [3.8, 4) is 11.5 Å². The minimum atomic E-state index is -4.88. The van der Waals surface area contributed by atoms with Crippen LogP contribution < -0.4 is 9.47 Å². The number of rotatable bonds is 5. The van der Waals surface area contributed by atoms with E-state index in [2.05, 4.69) is 20.7 Å². The fraction of sp³-hybridized carbons (Fsp3) is 0.364. The summed E-state index contributed by atoms with van der Waals surface area (Å²) >= 11 is 3.05. The Hall–Kier alpha value is -1.24. The zero-order valence-corrected chi connectivity index (χ0v) is 11.0. The SMILES string of the molecule is COc1cccc(C(=O)CCBr)c1OC(F)(F)F. The molecule has 100 valence electrons. The topological polar surface area (TPSA) is 35.5 Å². The van der Waals surface area contributed by atoms with Crippen LogP contribution in [0.2, 0.25) is 0 Å². The summed E-state index contributed by atoms with van der Waals surface area (Å²) in [6.07, 6.45) is -4.81. The van der Waals surface area contributed by atoms with E-state index in [0.29, 0.717) is 5.33 Å². The summed E-state index contributed by atoms with van der Waals surface area (Å²) in [4.78, 5) is 11.7. The molecule has 0 saturated heterocycles. The maximum atomic E-state index is 12.3. The summed E-state index contributed by atoms with van der Waals surface area (Å²) in [6, 6.07) is 4.00. The molecule has 0 saturated carbocycles. The Morgan fingerprint density at radius 3 is 2.56 bits per heavy atom. The van der Waals surface area contributed by atoms with Crippen molar-refractivity contribution in [1.29, 1.82) is 0 Å². The number of alkyl halides is 4. The number of hydrogen-bond donors (Lipinski definition) is 0. The van der Waals surface area contributed by atoms with Gasteiger partial charge in [-0.2, -0.15) is 0 Å². The van der Waals surface area contributed by atoms with Crippen LogP contribution in [0.5, 0.6) is 11.5 Å². The predicted molar refractivity (Wildman–Crippen MR) is 62.4 cm³/mol. The molecule has 0 aliphatic rings. The molecule has 0 aromatic heterocycles. The fourth-order valence-electron chi connectivity index (χ4n) is 1.34. The molecule has 7 heteroatoms. The van der Waals surface area contributed by atoms with Crippen LogP contribution in [0, 0.1) is 0 Å². The molecule has 0 N–H and O–H groups in total. The van der Waals surface area contributed by atoms with Crippen LogP contribution in [0.15, 0.2) is 18.2 Å². The number of hydrogen-bond acceptors (Lipinski definition) is 3. The molecule has 0 amide bonds. The third kappa shape index (κ3) is 3.90. The molecule has 0 aliphatic heterocycles. The van der Waals surface area contributed by atoms with Gasteiger partial charge in [0.05, 0.1) is 12.7 Å². The normalized spacial score (nSPS) is 11.2. The van der Waals surface area contributed by atoms with E-state index in [4.69, 9.17) is 4.74 Å². The molecule has 0 atom stereocenters. The van der Waals surface area contributed by atoms with E-state index in [1.165, 1.54) is 25.3 Å². The van der Waals surface area contributed by atoms with Crippen molar-refractivity contribution in [2.45, 2.75) is 12.8 Å². The largest absolute Gasteiger partial charge is 0.573 e. The first kappa shape index (κ1) is 14.8. The second-order valence-corrected chi connectivity index (χ2v) is 4.04. The van der Waals surface area contributed by atoms with Crippen molar-refractivity contribution in [3.63, 3.8) is 0 Å². The van der Waals surface area contributed by atoms with Gasteiger partial charge in [-0.25, -0.2) is 0 Å². The van der Waals surface area contributed by atoms with Gasteiger partial charge in [0.15, 0.2) is 17.3 Å². The highest BCUT2D eigenvalue weighted by Gasteiger charge is 2.34. The lowest BCUT2D eigenvalue weighted by molar-refractivity contribution is -0.275. The van der Waals surface area contributed by atoms with Crippen LogP contribution in [0.1, 0.15) is 16.8 Å². The first-order valence-corrected chi connectivity index (χ1v) is 6.03. The Morgan fingerprint density at radius 1 is 1.39 bits per heavy atom. The van der Waals surface area contributed by atoms with Crippen molar-refractivity contribution < 1.29 is 27.4 Å². The summed E-state index contributed by atoms with van der Waals surface area (Å²) in [5, 5.41) is 0.356. The molecule has 0 aliphatic carbocycles. The number of ether oxygens (including phenoxy) is 2. The smallest absolute Gasteiger partial charge is 0.493 e. The minimum absolute atomic E-state index is 0.0708. The molecule has 1 aromatic carbocycles. The van der Waals surface area contributed by atoms with E-state index < -0.39 is 17.9 Å². The Morgan fingerprint density at radius 2 is 2.06 bits per heavy atom. The van der Waals surface area contributed by atoms with Crippen LogP contribution in [0.3, 0.4) is 0 Å². The highest BCUT2D eigenvalue weighted by Crippen LogP contribution is 2.36. The lowest BCUT2D eigenvalue weighted by atomic mass is 10.1. The van der Waals surface area contributed by atoms with E-state index in [0.717, 1.165) is 0 Å². The lowest BCUT2D eigenvalue weighted by Gasteiger charge is -2.15. The van der Waals surface area contributed by atoms with Crippen LogP contribution in [-0.4, -0.2) is 24.6 Å². The molecule has 0 bridgehead atoms. The second-order valence-electron chi connectivity index (χ2n) is 3.25. The van der Waals surface area contributed by atoms with Gasteiger partial charge >= 0.3 is 6.36 Å². The summed E-state index contributed by atoms with van der Waals surface area (Å²) in [5.74, 6) is -1.18. The molecule has 3 nitrogen and oxygen atoms in total. The number of para-hydroxylation sites is 1. The molecule has 18 heavy (non-hydrogen) atoms. The van der Waals surface area contributed by atoms with Gasteiger partial charge in [0.2, 0.25) is 0 Å². The summed E-state index contributed by atoms with van der Waals surface area (Å²) in [5.41, 5.74) is -0.147. The highest BCUT2D eigenvalue weighted by molar-refractivity contribution is 9.09. The van der Waals surface area contributed by atoms with Gasteiger partial charge in [-0.3, -0.25) is 4.79 Å². The van der Waals surface area contributed by atoms with E-state index in [1.807, 2.05) is 0 Å². The minimum Gasteiger partial charge on any atom is -0.493 e. The van der Waals surface area contributed by atoms with Gasteiger partial charge in [0.25, 0.3) is 0 Å². The zero-order valence-electron chi connectivity index (χ0n) is 9.38. The van der Waals surface area contributed by atoms with Crippen LogP contribution in [0.25, 0.3) is 0 Å². The average Bonchev–Trinajstić information content (AvgIpc) is 2.27. The molecule has 0 heterocycles. The number of ketones is 1. The van der Waals surface area contributed by atoms with Crippen LogP contribution in [-0.2, 0) is 0 Å². The maximum absolute atomic E-state index is 12.3. The van der Waals surface area contributed by atoms with Gasteiger partial charge in [0.1, 0.15) is 0 Å². The van der Waals surface area contributed by atoms with Crippen molar-refractivity contribution in [2.75, 3.05) is 12.4 Å². The first-order valence-electron chi connectivity index (χ1n) is 4.91. The lowest BCUT2D eigenvalue weighted by Crippen LogP contribution is -2.19. The van der Waals surface area contributed by atoms with Crippen molar-refractivity contribution in [3.05, 3.63) is 23.8 Å². The highest BCUT2D eigenvalue weighted by atomic mass is 79.9. The number of benzene rings is 1. The molecular formula is C11H10BrF3O3. The molecule has 1 aromatic rings. The van der Waals surface area contributed by atoms with Crippen LogP contribution >= 0.6 is 15.9 Å². The van der Waals surface area contributed by atoms with Gasteiger partial charge in [-0.05, 0) is 12.1 Å². The Kier molecular flexibility index (Phi) is 5.01. The molecule has 1 rings (SSSR count). The van der Waals surface area contributed by atoms with E-state index in [9.17, 15) is 18.0 Å². The third-order valence-corrected chi connectivity index (χ3v) is 2.44. The maximum Gasteiger partial charge on any atom is 0.573 e. The summed E-state index contributed by atoms with van der Waals surface area (Å²) < 4.78 is 45.5. The first-order chi connectivity index (χ1) is 8.39. The molecule has 0 unspecified atom stereocenters. The standard InChI is InChI=1S/C11H10BrF3O3/c1-17-9-4-2-3-7(8(16)5-6-12)10(9)18-11(13,14)15/h2-4H,5-6H2,1H3. The number of carbonyl (C=O) groups is 1. The molecule has 0 spiro atoms. The van der Waals surface area contributed by atoms with Gasteiger partial charge in [-0.1, -0.05) is 22.0 Å². The average molecular weight is 327 g/mol. The zero-order chi connectivity index (χ0) is 13.8. The number of Topliss-reactive ketones (excluding diaryl/α,β-unsaturated/α-hetero) is 1. The number of halogens is 4. The van der Waals surface area contributed by atoms with Gasteiger partial charge in [-0.15, -0.1) is 13.2 Å². The second kappa shape index (κ2) is 6.08. The fourth-order valence-corrected chi connectivity index (χ4v) is 1.70. The molecular weight excluding hydrogens is 317 g/mol. The number of methoxy groups -OCH3 is 1. The van der Waals surface area contributed by atoms with E-state index in [1.54, 1.807) is 0 Å². The molecule has 0 radical (unpaired) electrons. The van der Waals surface area contributed by atoms with E-state index >= 15 is 0 Å². The Bertz CT molecular complexity index is 432. The van der Waals surface area contributed by atoms with Crippen molar-refractivity contribution in [1.82, 2.24) is 0 Å². The van der Waals surface area contributed by atoms with E-state index in [-0.39, 0.29) is 17.7 Å². The summed E-state index contributed by atoms with van der Waals surface area (Å²) in [7, 11) is 1.21. The Balaban J connectivity index is 3.20. The quantitative estimate of drug-likeness (QED) is 0.613. The third-order valence-electron chi connectivity index (χ3n) is 2.04. The van der Waals surface area contributed by atoms with Gasteiger partial charge < -0.3 is 9.47 Å².